The summed E-state index contributed by atoms with van der Waals surface area (Å²) < 4.78 is 19.3. The van der Waals surface area contributed by atoms with E-state index in [4.69, 9.17) is 4.74 Å². The Morgan fingerprint density at radius 3 is 2.56 bits per heavy atom. The number of para-hydroxylation sites is 3. The zero-order valence-corrected chi connectivity index (χ0v) is 17.9. The number of nitrogens with zero attached hydrogens (tertiary/aromatic N) is 1. The van der Waals surface area contributed by atoms with E-state index in [0.717, 1.165) is 22.5 Å². The Kier molecular flexibility index (Phi) is 5.05. The number of benzene rings is 3. The lowest BCUT2D eigenvalue weighted by Gasteiger charge is -2.25. The molecule has 1 atom stereocenters. The lowest BCUT2D eigenvalue weighted by Crippen LogP contribution is -2.29. The number of methoxy groups -OCH3 is 1. The number of carbonyl (C=O) groups is 2. The molecule has 1 aromatic heterocycles. The molecule has 7 nitrogen and oxygen atoms in total. The van der Waals surface area contributed by atoms with E-state index >= 15 is 0 Å². The minimum atomic E-state index is -1.10. The van der Waals surface area contributed by atoms with Gasteiger partial charge in [-0.2, -0.15) is 0 Å². The lowest BCUT2D eigenvalue weighted by atomic mass is 9.94. The fourth-order valence-electron chi connectivity index (χ4n) is 4.37. The molecule has 1 amide bonds. The number of fused-ring (bicyclic) bond motifs is 1. The number of aromatic amines is 1. The first kappa shape index (κ1) is 21.3. The minimum Gasteiger partial charge on any atom is -0.507 e. The summed E-state index contributed by atoms with van der Waals surface area (Å²) in [4.78, 5) is 30.8. The van der Waals surface area contributed by atoms with Gasteiger partial charge >= 0.3 is 0 Å². The summed E-state index contributed by atoms with van der Waals surface area (Å²) in [5.41, 5.74) is 1.06. The van der Waals surface area contributed by atoms with Gasteiger partial charge in [-0.05, 0) is 36.4 Å². The van der Waals surface area contributed by atoms with Crippen LogP contribution in [-0.2, 0) is 9.59 Å². The summed E-state index contributed by atoms with van der Waals surface area (Å²) in [6, 6.07) is 15.8. The van der Waals surface area contributed by atoms with Crippen LogP contribution in [-0.4, -0.2) is 34.0 Å². The van der Waals surface area contributed by atoms with Crippen LogP contribution in [0.1, 0.15) is 17.2 Å². The Labute approximate surface area is 193 Å². The van der Waals surface area contributed by atoms with Gasteiger partial charge in [0.2, 0.25) is 0 Å². The standard InChI is InChI=1S/C26H19FN2O5/c1-34-21-11-10-14(27)12-16(21)24(31)22-23(17-13-28-18-7-3-2-6-15(17)18)29(26(33)25(22)32)19-8-4-5-9-20(19)30/h2-13,23,28,30-31H,1H3/b24-22+. The van der Waals surface area contributed by atoms with Crippen molar-refractivity contribution in [3.05, 3.63) is 95.4 Å². The van der Waals surface area contributed by atoms with Crippen molar-refractivity contribution in [2.75, 3.05) is 12.0 Å². The molecule has 0 aliphatic carbocycles. The number of Topliss-reactive ketones (excluding diaryl/α,β-unsaturated/α-hetero) is 1. The molecular formula is C26H19FN2O5. The molecule has 1 fully saturated rings. The smallest absolute Gasteiger partial charge is 0.300 e. The molecule has 1 unspecified atom stereocenters. The van der Waals surface area contributed by atoms with Crippen molar-refractivity contribution >= 4 is 34.0 Å². The van der Waals surface area contributed by atoms with Gasteiger partial charge in [-0.25, -0.2) is 4.39 Å². The van der Waals surface area contributed by atoms with E-state index in [0.29, 0.717) is 10.9 Å². The number of carbonyl (C=O) groups excluding carboxylic acids is 2. The third kappa shape index (κ3) is 3.19. The number of anilines is 1. The molecule has 0 saturated carbocycles. The summed E-state index contributed by atoms with van der Waals surface area (Å²) in [7, 11) is 1.35. The van der Waals surface area contributed by atoms with Crippen LogP contribution in [0, 0.1) is 5.82 Å². The number of aliphatic hydroxyl groups excluding tert-OH is 1. The molecule has 0 spiro atoms. The highest BCUT2D eigenvalue weighted by molar-refractivity contribution is 6.52. The predicted octanol–water partition coefficient (Wildman–Crippen LogP) is 4.65. The number of ether oxygens (including phenoxy) is 1. The number of hydrogen-bond donors (Lipinski definition) is 3. The Balaban J connectivity index is 1.83. The van der Waals surface area contributed by atoms with Crippen LogP contribution < -0.4 is 9.64 Å². The molecule has 1 saturated heterocycles. The number of hydrogen-bond acceptors (Lipinski definition) is 5. The number of H-pyrrole nitrogens is 1. The number of phenolic OH excluding ortho intramolecular Hbond substituents is 1. The van der Waals surface area contributed by atoms with Gasteiger partial charge in [0.15, 0.2) is 0 Å². The Morgan fingerprint density at radius 2 is 1.79 bits per heavy atom. The second-order valence-corrected chi connectivity index (χ2v) is 7.79. The van der Waals surface area contributed by atoms with Crippen molar-refractivity contribution in [1.82, 2.24) is 4.98 Å². The van der Waals surface area contributed by atoms with Crippen LogP contribution in [0.3, 0.4) is 0 Å². The predicted molar refractivity (Wildman–Crippen MR) is 124 cm³/mol. The SMILES string of the molecule is COc1ccc(F)cc1/C(O)=C1\C(=O)C(=O)N(c2ccccc2O)C1c1c[nH]c2ccccc12. The van der Waals surface area contributed by atoms with Crippen molar-refractivity contribution in [1.29, 1.82) is 0 Å². The van der Waals surface area contributed by atoms with Crippen LogP contribution in [0.2, 0.25) is 0 Å². The highest BCUT2D eigenvalue weighted by Crippen LogP contribution is 2.46. The summed E-state index contributed by atoms with van der Waals surface area (Å²) in [6.07, 6.45) is 1.64. The number of nitrogens with one attached hydrogen (secondary N) is 1. The molecular weight excluding hydrogens is 439 g/mol. The number of aromatic nitrogens is 1. The fraction of sp³-hybridized carbons (Fsp3) is 0.0769. The van der Waals surface area contributed by atoms with E-state index in [1.165, 1.54) is 25.3 Å². The Morgan fingerprint density at radius 1 is 1.06 bits per heavy atom. The van der Waals surface area contributed by atoms with E-state index < -0.39 is 29.3 Å². The highest BCUT2D eigenvalue weighted by Gasteiger charge is 2.48. The van der Waals surface area contributed by atoms with Crippen molar-refractivity contribution in [3.8, 4) is 11.5 Å². The second-order valence-electron chi connectivity index (χ2n) is 7.79. The van der Waals surface area contributed by atoms with Crippen LogP contribution >= 0.6 is 0 Å². The van der Waals surface area contributed by atoms with Crippen molar-refractivity contribution in [2.24, 2.45) is 0 Å². The summed E-state index contributed by atoms with van der Waals surface area (Å²) in [5, 5.41) is 22.5. The zero-order valence-electron chi connectivity index (χ0n) is 17.9. The molecule has 0 bridgehead atoms. The topological polar surface area (TPSA) is 103 Å². The Hall–Kier alpha value is -4.59. The molecule has 170 valence electrons. The molecule has 1 aliphatic heterocycles. The van der Waals surface area contributed by atoms with E-state index in [2.05, 4.69) is 4.98 Å². The van der Waals surface area contributed by atoms with E-state index in [1.54, 1.807) is 24.4 Å². The van der Waals surface area contributed by atoms with Gasteiger partial charge < -0.3 is 19.9 Å². The maximum absolute atomic E-state index is 14.1. The molecule has 3 aromatic carbocycles. The second kappa shape index (κ2) is 8.08. The first-order valence-corrected chi connectivity index (χ1v) is 10.4. The summed E-state index contributed by atoms with van der Waals surface area (Å²) >= 11 is 0. The molecule has 0 radical (unpaired) electrons. The minimum absolute atomic E-state index is 0.0670. The average Bonchev–Trinajstić information content (AvgIpc) is 3.38. The normalized spacial score (nSPS) is 17.5. The maximum Gasteiger partial charge on any atom is 0.300 e. The van der Waals surface area contributed by atoms with Crippen LogP contribution in [0.4, 0.5) is 10.1 Å². The van der Waals surface area contributed by atoms with Gasteiger partial charge in [0.1, 0.15) is 23.1 Å². The number of amides is 1. The number of aromatic hydroxyl groups is 1. The van der Waals surface area contributed by atoms with Gasteiger partial charge in [0.25, 0.3) is 11.7 Å². The molecule has 4 aromatic rings. The lowest BCUT2D eigenvalue weighted by molar-refractivity contribution is -0.132. The van der Waals surface area contributed by atoms with Gasteiger partial charge in [0.05, 0.1) is 30.0 Å². The first-order valence-electron chi connectivity index (χ1n) is 10.4. The van der Waals surface area contributed by atoms with Gasteiger partial charge in [0, 0.05) is 22.7 Å². The third-order valence-corrected chi connectivity index (χ3v) is 5.92. The van der Waals surface area contributed by atoms with Gasteiger partial charge in [-0.3, -0.25) is 14.5 Å². The summed E-state index contributed by atoms with van der Waals surface area (Å²) in [5.74, 6) is -3.22. The number of ketones is 1. The number of phenols is 1. The van der Waals surface area contributed by atoms with Crippen molar-refractivity contribution in [2.45, 2.75) is 6.04 Å². The number of halogens is 1. The molecule has 34 heavy (non-hydrogen) atoms. The first-order chi connectivity index (χ1) is 16.4. The fourth-order valence-corrected chi connectivity index (χ4v) is 4.37. The summed E-state index contributed by atoms with van der Waals surface area (Å²) in [6.45, 7) is 0. The van der Waals surface area contributed by atoms with E-state index in [1.807, 2.05) is 18.2 Å². The number of aliphatic hydroxyl groups is 1. The van der Waals surface area contributed by atoms with Gasteiger partial charge in [-0.15, -0.1) is 0 Å². The molecule has 8 heteroatoms. The quantitative estimate of drug-likeness (QED) is 0.235. The van der Waals surface area contributed by atoms with E-state index in [-0.39, 0.29) is 28.3 Å². The molecule has 5 rings (SSSR count). The zero-order chi connectivity index (χ0) is 24.0. The van der Waals surface area contributed by atoms with E-state index in [9.17, 15) is 24.2 Å². The monoisotopic (exact) mass is 458 g/mol. The van der Waals surface area contributed by atoms with Gasteiger partial charge in [-0.1, -0.05) is 30.3 Å². The maximum atomic E-state index is 14.1. The van der Waals surface area contributed by atoms with Crippen LogP contribution in [0.15, 0.2) is 78.5 Å². The average molecular weight is 458 g/mol. The Bertz CT molecular complexity index is 1490. The molecule has 2 heterocycles. The largest absolute Gasteiger partial charge is 0.507 e. The van der Waals surface area contributed by atoms with Crippen LogP contribution in [0.5, 0.6) is 11.5 Å². The third-order valence-electron chi connectivity index (χ3n) is 5.92. The molecule has 3 N–H and O–H groups in total. The van der Waals surface area contributed by atoms with Crippen molar-refractivity contribution in [3.63, 3.8) is 0 Å². The highest BCUT2D eigenvalue weighted by atomic mass is 19.1. The van der Waals surface area contributed by atoms with Crippen molar-refractivity contribution < 1.29 is 28.9 Å². The molecule has 1 aliphatic rings. The number of rotatable bonds is 4. The van der Waals surface area contributed by atoms with Crippen LogP contribution in [0.25, 0.3) is 16.7 Å².